The summed E-state index contributed by atoms with van der Waals surface area (Å²) < 4.78 is 58.5. The second kappa shape index (κ2) is 12.7. The number of sulfonamides is 2. The van der Waals surface area contributed by atoms with Gasteiger partial charge in [0.2, 0.25) is 20.0 Å². The third kappa shape index (κ3) is 6.67. The lowest BCUT2D eigenvalue weighted by molar-refractivity contribution is -0.141. The fraction of sp³-hybridized carbons (Fsp3) is 0.444. The van der Waals surface area contributed by atoms with Crippen molar-refractivity contribution >= 4 is 32.0 Å². The van der Waals surface area contributed by atoms with E-state index in [1.54, 1.807) is 48.5 Å². The fourth-order valence-corrected chi connectivity index (χ4v) is 10.4. The Morgan fingerprint density at radius 1 is 0.583 bits per heavy atom. The zero-order valence-corrected chi connectivity index (χ0v) is 29.8. The highest BCUT2D eigenvalue weighted by Gasteiger charge is 2.48. The molecule has 10 nitrogen and oxygen atoms in total. The summed E-state index contributed by atoms with van der Waals surface area (Å²) in [7, 11) is -8.52. The van der Waals surface area contributed by atoms with E-state index in [9.17, 15) is 36.6 Å². The fourth-order valence-electron chi connectivity index (χ4n) is 6.81. The molecule has 5 rings (SSSR count). The van der Waals surface area contributed by atoms with Crippen molar-refractivity contribution in [2.75, 3.05) is 0 Å². The van der Waals surface area contributed by atoms with Crippen LogP contribution in [0.2, 0.25) is 0 Å². The second-order valence-corrected chi connectivity index (χ2v) is 18.5. The highest BCUT2D eigenvalue weighted by molar-refractivity contribution is 7.89. The second-order valence-electron chi connectivity index (χ2n) is 14.8. The monoisotopic (exact) mass is 696 g/mol. The van der Waals surface area contributed by atoms with Gasteiger partial charge in [-0.3, -0.25) is 9.59 Å². The summed E-state index contributed by atoms with van der Waals surface area (Å²) in [5.41, 5.74) is 2.47. The zero-order valence-electron chi connectivity index (χ0n) is 28.1. The Labute approximate surface area is 283 Å². The van der Waals surface area contributed by atoms with Gasteiger partial charge in [0.1, 0.15) is 12.1 Å². The molecule has 0 aromatic heterocycles. The van der Waals surface area contributed by atoms with Gasteiger partial charge in [-0.05, 0) is 83.0 Å². The van der Waals surface area contributed by atoms with Crippen molar-refractivity contribution in [3.63, 3.8) is 0 Å². The van der Waals surface area contributed by atoms with Crippen LogP contribution in [0, 0.1) is 0 Å². The average Bonchev–Trinajstić information content (AvgIpc) is 3.67. The average molecular weight is 697 g/mol. The molecule has 4 atom stereocenters. The molecule has 0 bridgehead atoms. The minimum Gasteiger partial charge on any atom is -0.480 e. The number of hydrogen-bond acceptors (Lipinski definition) is 6. The molecule has 3 aromatic rings. The third-order valence-electron chi connectivity index (χ3n) is 9.50. The van der Waals surface area contributed by atoms with Crippen LogP contribution in [0.25, 0.3) is 0 Å². The first-order valence-corrected chi connectivity index (χ1v) is 19.0. The largest absolute Gasteiger partial charge is 0.480 e. The van der Waals surface area contributed by atoms with Crippen LogP contribution >= 0.6 is 0 Å². The van der Waals surface area contributed by atoms with E-state index in [-0.39, 0.29) is 46.3 Å². The van der Waals surface area contributed by atoms with Gasteiger partial charge in [0.25, 0.3) is 0 Å². The number of carboxylic acids is 2. The maximum Gasteiger partial charge on any atom is 0.322 e. The Hall–Kier alpha value is -3.58. The molecule has 0 amide bonds. The van der Waals surface area contributed by atoms with E-state index in [0.717, 1.165) is 19.7 Å². The minimum absolute atomic E-state index is 0.0142. The number of aliphatic carboxylic acids is 2. The van der Waals surface area contributed by atoms with Crippen molar-refractivity contribution in [2.24, 2.45) is 0 Å². The molecule has 3 aromatic carbocycles. The summed E-state index contributed by atoms with van der Waals surface area (Å²) in [6.45, 7) is 12.1. The van der Waals surface area contributed by atoms with Crippen molar-refractivity contribution in [1.82, 2.24) is 8.61 Å². The van der Waals surface area contributed by atoms with Crippen LogP contribution in [0.1, 0.15) is 102 Å². The van der Waals surface area contributed by atoms with E-state index >= 15 is 0 Å². The molecule has 2 heterocycles. The van der Waals surface area contributed by atoms with Crippen LogP contribution in [0.3, 0.4) is 0 Å². The molecular weight excluding hydrogens is 653 g/mol. The summed E-state index contributed by atoms with van der Waals surface area (Å²) >= 11 is 0. The molecule has 0 saturated carbocycles. The van der Waals surface area contributed by atoms with Crippen LogP contribution in [-0.2, 0) is 40.5 Å². The lowest BCUT2D eigenvalue weighted by Crippen LogP contribution is -2.42. The van der Waals surface area contributed by atoms with Gasteiger partial charge in [0, 0.05) is 0 Å². The first-order chi connectivity index (χ1) is 22.2. The quantitative estimate of drug-likeness (QED) is 0.281. The summed E-state index contributed by atoms with van der Waals surface area (Å²) in [5.74, 6) is -2.50. The van der Waals surface area contributed by atoms with Crippen molar-refractivity contribution in [1.29, 1.82) is 0 Å². The van der Waals surface area contributed by atoms with E-state index in [1.807, 2.05) is 41.5 Å². The Morgan fingerprint density at radius 3 is 1.21 bits per heavy atom. The number of rotatable bonds is 8. The van der Waals surface area contributed by atoms with Crippen LogP contribution in [0.5, 0.6) is 0 Å². The van der Waals surface area contributed by atoms with Gasteiger partial charge in [0.05, 0.1) is 21.9 Å². The van der Waals surface area contributed by atoms with Gasteiger partial charge in [-0.1, -0.05) is 90.1 Å². The summed E-state index contributed by atoms with van der Waals surface area (Å²) in [6, 6.07) is 15.5. The summed E-state index contributed by atoms with van der Waals surface area (Å²) in [4.78, 5) is 24.7. The van der Waals surface area contributed by atoms with E-state index in [0.29, 0.717) is 11.1 Å². The van der Waals surface area contributed by atoms with Gasteiger partial charge < -0.3 is 10.2 Å². The van der Waals surface area contributed by atoms with E-state index in [2.05, 4.69) is 0 Å². The molecule has 2 N–H and O–H groups in total. The number of carboxylic acid groups (broad SMARTS) is 2. The normalized spacial score (nSPS) is 23.0. The molecule has 12 heteroatoms. The lowest BCUT2D eigenvalue weighted by Gasteiger charge is -2.30. The Bertz CT molecular complexity index is 1770. The topological polar surface area (TPSA) is 149 Å². The molecular formula is C36H44N2O8S2. The number of nitrogens with zero attached hydrogens (tertiary/aromatic N) is 2. The Balaban J connectivity index is 1.53. The van der Waals surface area contributed by atoms with E-state index < -0.39 is 56.2 Å². The first-order valence-electron chi connectivity index (χ1n) is 16.1. The highest BCUT2D eigenvalue weighted by Crippen LogP contribution is 2.45. The van der Waals surface area contributed by atoms with E-state index in [4.69, 9.17) is 0 Å². The Morgan fingerprint density at radius 2 is 0.917 bits per heavy atom. The Kier molecular flexibility index (Phi) is 9.45. The predicted octanol–water partition coefficient (Wildman–Crippen LogP) is 6.24. The van der Waals surface area contributed by atoms with Crippen molar-refractivity contribution < 1.29 is 36.6 Å². The molecule has 2 fully saturated rings. The van der Waals surface area contributed by atoms with Crippen molar-refractivity contribution in [3.8, 4) is 0 Å². The van der Waals surface area contributed by atoms with Gasteiger partial charge in [0.15, 0.2) is 0 Å². The van der Waals surface area contributed by atoms with Gasteiger partial charge in [-0.2, -0.15) is 8.61 Å². The lowest BCUT2D eigenvalue weighted by atomic mass is 9.87. The van der Waals surface area contributed by atoms with Crippen LogP contribution < -0.4 is 0 Å². The highest BCUT2D eigenvalue weighted by atomic mass is 32.2. The predicted molar refractivity (Wildman–Crippen MR) is 182 cm³/mol. The van der Waals surface area contributed by atoms with Crippen molar-refractivity contribution in [2.45, 2.75) is 112 Å². The number of carbonyl (C=O) groups is 2. The molecule has 0 spiro atoms. The number of benzene rings is 3. The van der Waals surface area contributed by atoms with Gasteiger partial charge in [-0.15, -0.1) is 0 Å². The van der Waals surface area contributed by atoms with Crippen LogP contribution in [0.15, 0.2) is 82.6 Å². The summed E-state index contributed by atoms with van der Waals surface area (Å²) in [5, 5.41) is 20.2. The van der Waals surface area contributed by atoms with Gasteiger partial charge in [-0.25, -0.2) is 16.8 Å². The number of hydrogen-bond donors (Lipinski definition) is 2. The first kappa shape index (κ1) is 35.7. The summed E-state index contributed by atoms with van der Waals surface area (Å²) in [6.07, 6.45) is 0.673. The molecule has 258 valence electrons. The molecule has 48 heavy (non-hydrogen) atoms. The standard InChI is InChI=1S/C36H44N2O8S2/c1-35(2,3)25-10-14-27(15-11-25)47(43,44)37-29(18-20-31(37)33(39)40)23-8-7-9-24(22-23)30-19-21-32(34(41)42)38(30)48(45,46)28-16-12-26(13-17-28)36(4,5)6/h7-17,22,29-32H,18-21H2,1-6H3,(H,39,40)(H,41,42)/t29-,30-,31-,32-/m0/s1. The maximum absolute atomic E-state index is 14.1. The minimum atomic E-state index is -4.26. The SMILES string of the molecule is CC(C)(C)c1ccc(S(=O)(=O)N2[C@H](C(=O)O)CC[C@H]2c2cccc([C@@H]3CC[C@@H](C(=O)O)N3S(=O)(=O)c3ccc(C(C)(C)C)cc3)c2)cc1. The third-order valence-corrected chi connectivity index (χ3v) is 13.4. The smallest absolute Gasteiger partial charge is 0.322 e. The van der Waals surface area contributed by atoms with Crippen molar-refractivity contribution in [3.05, 3.63) is 95.1 Å². The molecule has 2 aliphatic rings. The molecule has 0 aliphatic carbocycles. The molecule has 0 radical (unpaired) electrons. The maximum atomic E-state index is 14.1. The van der Waals surface area contributed by atoms with E-state index in [1.165, 1.54) is 24.3 Å². The molecule has 0 unspecified atom stereocenters. The zero-order chi connectivity index (χ0) is 35.4. The molecule has 2 aliphatic heterocycles. The van der Waals surface area contributed by atoms with Crippen LogP contribution in [0.4, 0.5) is 0 Å². The van der Waals surface area contributed by atoms with Crippen LogP contribution in [-0.4, -0.2) is 59.7 Å². The molecule has 2 saturated heterocycles. The van der Waals surface area contributed by atoms with Gasteiger partial charge >= 0.3 is 11.9 Å².